The molecule has 2 aromatic rings. The second-order valence-corrected chi connectivity index (χ2v) is 8.89. The smallest absolute Gasteiger partial charge is 0.258 e. The van der Waals surface area contributed by atoms with Crippen molar-refractivity contribution in [1.82, 2.24) is 4.31 Å². The predicted molar refractivity (Wildman–Crippen MR) is 103 cm³/mol. The van der Waals surface area contributed by atoms with Crippen molar-refractivity contribution in [3.05, 3.63) is 58.6 Å². The first-order valence-corrected chi connectivity index (χ1v) is 10.7. The molecule has 1 heterocycles. The minimum absolute atomic E-state index is 0.141. The summed E-state index contributed by atoms with van der Waals surface area (Å²) in [7, 11) is -3.83. The van der Waals surface area contributed by atoms with Gasteiger partial charge in [-0.2, -0.15) is 4.31 Å². The quantitative estimate of drug-likeness (QED) is 0.783. The minimum atomic E-state index is -3.83. The predicted octanol–water partition coefficient (Wildman–Crippen LogP) is 4.44. The van der Waals surface area contributed by atoms with Gasteiger partial charge in [0, 0.05) is 18.8 Å². The topological polar surface area (TPSA) is 66.5 Å². The molecule has 0 aromatic heterocycles. The molecule has 150 valence electrons. The van der Waals surface area contributed by atoms with Crippen LogP contribution in [0, 0.1) is 11.6 Å². The summed E-state index contributed by atoms with van der Waals surface area (Å²) in [4.78, 5) is 12.3. The Morgan fingerprint density at radius 1 is 0.964 bits per heavy atom. The molecular weight excluding hydrogens is 410 g/mol. The van der Waals surface area contributed by atoms with Gasteiger partial charge in [-0.15, -0.1) is 0 Å². The number of amides is 1. The lowest BCUT2D eigenvalue weighted by molar-refractivity contribution is 0.102. The average Bonchev–Trinajstić information content (AvgIpc) is 2.95. The summed E-state index contributed by atoms with van der Waals surface area (Å²) in [6.07, 6.45) is 3.45. The van der Waals surface area contributed by atoms with Crippen molar-refractivity contribution in [3.63, 3.8) is 0 Å². The third kappa shape index (κ3) is 4.51. The van der Waals surface area contributed by atoms with Gasteiger partial charge < -0.3 is 5.32 Å². The molecule has 0 aliphatic carbocycles. The number of carbonyl (C=O) groups is 1. The van der Waals surface area contributed by atoms with Gasteiger partial charge in [-0.1, -0.05) is 24.4 Å². The average molecular weight is 429 g/mol. The number of hydrogen-bond acceptors (Lipinski definition) is 3. The first kappa shape index (κ1) is 20.7. The van der Waals surface area contributed by atoms with Crippen LogP contribution in [-0.2, 0) is 10.0 Å². The Bertz CT molecular complexity index is 991. The Hall–Kier alpha value is -2.03. The summed E-state index contributed by atoms with van der Waals surface area (Å²) in [5.74, 6) is -2.37. The molecule has 0 saturated carbocycles. The van der Waals surface area contributed by atoms with Gasteiger partial charge in [0.2, 0.25) is 10.0 Å². The van der Waals surface area contributed by atoms with E-state index in [2.05, 4.69) is 5.32 Å². The van der Waals surface area contributed by atoms with Crippen LogP contribution in [0.1, 0.15) is 36.0 Å². The summed E-state index contributed by atoms with van der Waals surface area (Å²) < 4.78 is 54.6. The highest BCUT2D eigenvalue weighted by molar-refractivity contribution is 7.89. The van der Waals surface area contributed by atoms with Crippen LogP contribution in [0.25, 0.3) is 0 Å². The second kappa shape index (κ2) is 8.55. The van der Waals surface area contributed by atoms with Gasteiger partial charge in [0.15, 0.2) is 0 Å². The number of nitrogens with one attached hydrogen (secondary N) is 1. The Labute approximate surface area is 167 Å². The fraction of sp³-hybridized carbons (Fsp3) is 0.316. The van der Waals surface area contributed by atoms with Crippen molar-refractivity contribution in [2.75, 3.05) is 18.4 Å². The number of rotatable bonds is 4. The Balaban J connectivity index is 1.88. The molecule has 1 amide bonds. The van der Waals surface area contributed by atoms with E-state index in [-0.39, 0.29) is 15.6 Å². The van der Waals surface area contributed by atoms with E-state index in [4.69, 9.17) is 11.6 Å². The maximum absolute atomic E-state index is 14.2. The van der Waals surface area contributed by atoms with Crippen molar-refractivity contribution in [3.8, 4) is 0 Å². The van der Waals surface area contributed by atoms with Gasteiger partial charge in [0.05, 0.1) is 15.5 Å². The van der Waals surface area contributed by atoms with E-state index in [9.17, 15) is 22.0 Å². The first-order valence-electron chi connectivity index (χ1n) is 8.85. The lowest BCUT2D eigenvalue weighted by Crippen LogP contribution is -2.32. The maximum Gasteiger partial charge on any atom is 0.258 e. The molecule has 0 radical (unpaired) electrons. The third-order valence-corrected chi connectivity index (χ3v) is 6.75. The van der Waals surface area contributed by atoms with Crippen LogP contribution < -0.4 is 5.32 Å². The zero-order valence-electron chi connectivity index (χ0n) is 14.9. The standard InChI is InChI=1S/C19H19ClF2N2O3S/c20-16-11-13(5-7-18(16)22)23-19(25)15-12-14(6-8-17(15)21)28(26,27)24-9-3-1-2-4-10-24/h5-8,11-12H,1-4,9-10H2,(H,23,25). The molecule has 1 aliphatic rings. The summed E-state index contributed by atoms with van der Waals surface area (Å²) >= 11 is 5.67. The molecule has 0 unspecified atom stereocenters. The maximum atomic E-state index is 14.2. The number of carbonyl (C=O) groups excluding carboxylic acids is 1. The van der Waals surface area contributed by atoms with Crippen LogP contribution in [0.3, 0.4) is 0 Å². The third-order valence-electron chi connectivity index (χ3n) is 4.56. The molecule has 28 heavy (non-hydrogen) atoms. The highest BCUT2D eigenvalue weighted by atomic mass is 35.5. The lowest BCUT2D eigenvalue weighted by Gasteiger charge is -2.20. The van der Waals surface area contributed by atoms with E-state index < -0.39 is 33.1 Å². The first-order chi connectivity index (χ1) is 13.3. The molecule has 1 saturated heterocycles. The van der Waals surface area contributed by atoms with Crippen molar-refractivity contribution < 1.29 is 22.0 Å². The van der Waals surface area contributed by atoms with Crippen LogP contribution in [0.5, 0.6) is 0 Å². The van der Waals surface area contributed by atoms with Gasteiger partial charge in [-0.05, 0) is 49.2 Å². The van der Waals surface area contributed by atoms with E-state index in [1.807, 2.05) is 0 Å². The Morgan fingerprint density at radius 2 is 1.61 bits per heavy atom. The summed E-state index contributed by atoms with van der Waals surface area (Å²) in [5, 5.41) is 2.20. The summed E-state index contributed by atoms with van der Waals surface area (Å²) in [6.45, 7) is 0.796. The van der Waals surface area contributed by atoms with Gasteiger partial charge in [-0.3, -0.25) is 4.79 Å². The van der Waals surface area contributed by atoms with E-state index in [1.165, 1.54) is 16.4 Å². The summed E-state index contributed by atoms with van der Waals surface area (Å²) in [5.41, 5.74) is -0.257. The molecule has 3 rings (SSSR count). The highest BCUT2D eigenvalue weighted by Crippen LogP contribution is 2.24. The monoisotopic (exact) mass is 428 g/mol. The van der Waals surface area contributed by atoms with Gasteiger partial charge in [0.1, 0.15) is 11.6 Å². The number of hydrogen-bond donors (Lipinski definition) is 1. The minimum Gasteiger partial charge on any atom is -0.322 e. The molecule has 5 nitrogen and oxygen atoms in total. The SMILES string of the molecule is O=C(Nc1ccc(F)c(Cl)c1)c1cc(S(=O)(=O)N2CCCCCC2)ccc1F. The van der Waals surface area contributed by atoms with Crippen LogP contribution in [-0.4, -0.2) is 31.7 Å². The molecule has 9 heteroatoms. The zero-order valence-corrected chi connectivity index (χ0v) is 16.5. The summed E-state index contributed by atoms with van der Waals surface area (Å²) in [6, 6.07) is 6.66. The van der Waals surface area contributed by atoms with Crippen molar-refractivity contribution in [1.29, 1.82) is 0 Å². The van der Waals surface area contributed by atoms with E-state index in [0.717, 1.165) is 49.9 Å². The van der Waals surface area contributed by atoms with Crippen LogP contribution >= 0.6 is 11.6 Å². The van der Waals surface area contributed by atoms with Crippen molar-refractivity contribution in [2.45, 2.75) is 30.6 Å². The molecule has 0 spiro atoms. The number of anilines is 1. The number of halogens is 3. The molecule has 1 aliphatic heterocycles. The number of sulfonamides is 1. The van der Waals surface area contributed by atoms with Gasteiger partial charge in [0.25, 0.3) is 5.91 Å². The lowest BCUT2D eigenvalue weighted by atomic mass is 10.2. The largest absolute Gasteiger partial charge is 0.322 e. The van der Waals surface area contributed by atoms with Crippen LogP contribution in [0.15, 0.2) is 41.3 Å². The molecule has 0 atom stereocenters. The molecule has 1 fully saturated rings. The van der Waals surface area contributed by atoms with E-state index in [0.29, 0.717) is 13.1 Å². The normalized spacial score (nSPS) is 15.8. The van der Waals surface area contributed by atoms with Crippen LogP contribution in [0.4, 0.5) is 14.5 Å². The van der Waals surface area contributed by atoms with Gasteiger partial charge >= 0.3 is 0 Å². The highest BCUT2D eigenvalue weighted by Gasteiger charge is 2.27. The number of benzene rings is 2. The molecular formula is C19H19ClF2N2O3S. The fourth-order valence-corrected chi connectivity index (χ4v) is 4.77. The van der Waals surface area contributed by atoms with Crippen LogP contribution in [0.2, 0.25) is 5.02 Å². The van der Waals surface area contributed by atoms with Crippen molar-refractivity contribution >= 4 is 33.2 Å². The van der Waals surface area contributed by atoms with E-state index in [1.54, 1.807) is 0 Å². The zero-order chi connectivity index (χ0) is 20.3. The van der Waals surface area contributed by atoms with Gasteiger partial charge in [-0.25, -0.2) is 17.2 Å². The van der Waals surface area contributed by atoms with E-state index >= 15 is 0 Å². The second-order valence-electron chi connectivity index (χ2n) is 6.54. The Kier molecular flexibility index (Phi) is 6.32. The molecule has 1 N–H and O–H groups in total. The fourth-order valence-electron chi connectivity index (χ4n) is 3.04. The van der Waals surface area contributed by atoms with Crippen molar-refractivity contribution in [2.24, 2.45) is 0 Å². The Morgan fingerprint density at radius 3 is 2.25 bits per heavy atom. The molecule has 0 bridgehead atoms. The molecule has 2 aromatic carbocycles. The number of nitrogens with zero attached hydrogens (tertiary/aromatic N) is 1.